The first-order valence-corrected chi connectivity index (χ1v) is 12.2. The Hall–Kier alpha value is -3.37. The Bertz CT molecular complexity index is 1080. The highest BCUT2D eigenvalue weighted by Gasteiger charge is 2.23. The zero-order chi connectivity index (χ0) is 23.8. The normalized spacial score (nSPS) is 13.8. The number of benzene rings is 2. The summed E-state index contributed by atoms with van der Waals surface area (Å²) in [7, 11) is -3.74. The summed E-state index contributed by atoms with van der Waals surface area (Å²) in [5.74, 6) is -0.0277. The van der Waals surface area contributed by atoms with Crippen molar-refractivity contribution in [3.05, 3.63) is 66.7 Å². The average molecular weight is 474 g/mol. The van der Waals surface area contributed by atoms with Crippen molar-refractivity contribution < 1.29 is 27.5 Å². The van der Waals surface area contributed by atoms with Crippen LogP contribution in [0.3, 0.4) is 0 Å². The molecule has 176 valence electrons. The molecule has 0 spiro atoms. The van der Waals surface area contributed by atoms with Gasteiger partial charge in [0.25, 0.3) is 5.91 Å². The molecule has 9 nitrogen and oxygen atoms in total. The number of rotatable bonds is 9. The van der Waals surface area contributed by atoms with Gasteiger partial charge in [-0.15, -0.1) is 0 Å². The Kier molecular flexibility index (Phi) is 8.07. The third-order valence-electron chi connectivity index (χ3n) is 4.89. The minimum absolute atomic E-state index is 0.144. The number of nitrogens with zero attached hydrogens (tertiary/aromatic N) is 2. The van der Waals surface area contributed by atoms with Gasteiger partial charge in [-0.05, 0) is 48.5 Å². The lowest BCUT2D eigenvalue weighted by atomic mass is 10.1. The second-order valence-corrected chi connectivity index (χ2v) is 9.30. The van der Waals surface area contributed by atoms with Crippen molar-refractivity contribution in [1.29, 1.82) is 0 Å². The van der Waals surface area contributed by atoms with Gasteiger partial charge in [0.2, 0.25) is 15.9 Å². The Morgan fingerprint density at radius 1 is 1.12 bits per heavy atom. The molecule has 0 aromatic heterocycles. The lowest BCUT2D eigenvalue weighted by Gasteiger charge is -2.27. The van der Waals surface area contributed by atoms with E-state index in [1.165, 1.54) is 12.1 Å². The predicted octanol–water partition coefficient (Wildman–Crippen LogP) is 2.13. The van der Waals surface area contributed by atoms with E-state index in [9.17, 15) is 18.0 Å². The minimum Gasteiger partial charge on any atom is -0.490 e. The SMILES string of the molecule is C=CCOc1ccc(NC(=O)CN(c2ccc(C(=O)N3CCOCC3)cc2)S(C)(=O)=O)cc1. The molecule has 0 unspecified atom stereocenters. The van der Waals surface area contributed by atoms with Gasteiger partial charge in [-0.2, -0.15) is 0 Å². The fourth-order valence-electron chi connectivity index (χ4n) is 3.24. The maximum absolute atomic E-state index is 12.6. The van der Waals surface area contributed by atoms with Crippen molar-refractivity contribution in [2.24, 2.45) is 0 Å². The zero-order valence-electron chi connectivity index (χ0n) is 18.4. The molecule has 2 amide bonds. The molecule has 1 fully saturated rings. The highest BCUT2D eigenvalue weighted by Crippen LogP contribution is 2.20. The van der Waals surface area contributed by atoms with E-state index >= 15 is 0 Å². The van der Waals surface area contributed by atoms with Crippen molar-refractivity contribution in [2.45, 2.75) is 0 Å². The second-order valence-electron chi connectivity index (χ2n) is 7.39. The van der Waals surface area contributed by atoms with Crippen LogP contribution < -0.4 is 14.4 Å². The summed E-state index contributed by atoms with van der Waals surface area (Å²) in [5.41, 5.74) is 1.24. The molecule has 3 rings (SSSR count). The summed E-state index contributed by atoms with van der Waals surface area (Å²) >= 11 is 0. The van der Waals surface area contributed by atoms with E-state index in [1.807, 2.05) is 0 Å². The fourth-order valence-corrected chi connectivity index (χ4v) is 4.10. The molecule has 1 saturated heterocycles. The van der Waals surface area contributed by atoms with Gasteiger partial charge in [-0.1, -0.05) is 12.7 Å². The van der Waals surface area contributed by atoms with E-state index in [1.54, 1.807) is 47.4 Å². The third-order valence-corrected chi connectivity index (χ3v) is 6.03. The second kappa shape index (κ2) is 11.0. The highest BCUT2D eigenvalue weighted by atomic mass is 32.2. The summed E-state index contributed by atoms with van der Waals surface area (Å²) in [6, 6.07) is 12.9. The molecule has 10 heteroatoms. The van der Waals surface area contributed by atoms with Gasteiger partial charge >= 0.3 is 0 Å². The van der Waals surface area contributed by atoms with Crippen LogP contribution in [0.2, 0.25) is 0 Å². The summed E-state index contributed by atoms with van der Waals surface area (Å²) < 4.78 is 36.4. The van der Waals surface area contributed by atoms with E-state index in [4.69, 9.17) is 9.47 Å². The van der Waals surface area contributed by atoms with Crippen molar-refractivity contribution >= 4 is 33.2 Å². The monoisotopic (exact) mass is 473 g/mol. The van der Waals surface area contributed by atoms with Crippen molar-refractivity contribution in [1.82, 2.24) is 4.90 Å². The molecule has 2 aromatic carbocycles. The number of carbonyl (C=O) groups is 2. The lowest BCUT2D eigenvalue weighted by Crippen LogP contribution is -2.40. The van der Waals surface area contributed by atoms with Crippen LogP contribution in [0.5, 0.6) is 5.75 Å². The number of morpholine rings is 1. The third kappa shape index (κ3) is 6.80. The number of sulfonamides is 1. The number of amides is 2. The molecule has 0 aliphatic carbocycles. The molecule has 0 atom stereocenters. The molecule has 1 heterocycles. The maximum Gasteiger partial charge on any atom is 0.254 e. The van der Waals surface area contributed by atoms with Crippen LogP contribution in [-0.4, -0.2) is 70.8 Å². The number of ether oxygens (including phenoxy) is 2. The molecule has 2 aromatic rings. The van der Waals surface area contributed by atoms with E-state index in [0.29, 0.717) is 55.6 Å². The molecule has 33 heavy (non-hydrogen) atoms. The first kappa shape index (κ1) is 24.3. The van der Waals surface area contributed by atoms with Crippen LogP contribution in [0.1, 0.15) is 10.4 Å². The average Bonchev–Trinajstić information content (AvgIpc) is 2.81. The summed E-state index contributed by atoms with van der Waals surface area (Å²) in [4.78, 5) is 26.8. The van der Waals surface area contributed by atoms with Crippen molar-refractivity contribution in [3.8, 4) is 5.75 Å². The Morgan fingerprint density at radius 2 is 1.76 bits per heavy atom. The largest absolute Gasteiger partial charge is 0.490 e. The van der Waals surface area contributed by atoms with E-state index in [0.717, 1.165) is 10.6 Å². The summed E-state index contributed by atoms with van der Waals surface area (Å²) in [6.07, 6.45) is 2.65. The molecular formula is C23H27N3O6S. The van der Waals surface area contributed by atoms with Crippen LogP contribution in [-0.2, 0) is 19.6 Å². The quantitative estimate of drug-likeness (QED) is 0.560. The van der Waals surface area contributed by atoms with Crippen molar-refractivity contribution in [3.63, 3.8) is 0 Å². The zero-order valence-corrected chi connectivity index (χ0v) is 19.2. The molecule has 1 N–H and O–H groups in total. The first-order chi connectivity index (χ1) is 15.8. The number of carbonyl (C=O) groups excluding carboxylic acids is 2. The van der Waals surface area contributed by atoms with Crippen LogP contribution in [0.15, 0.2) is 61.2 Å². The van der Waals surface area contributed by atoms with Gasteiger partial charge in [0.05, 0.1) is 25.2 Å². The molecule has 0 radical (unpaired) electrons. The lowest BCUT2D eigenvalue weighted by molar-refractivity contribution is -0.114. The Balaban J connectivity index is 1.67. The minimum atomic E-state index is -3.74. The highest BCUT2D eigenvalue weighted by molar-refractivity contribution is 7.92. The summed E-state index contributed by atoms with van der Waals surface area (Å²) in [5, 5.41) is 2.68. The number of hydrogen-bond donors (Lipinski definition) is 1. The number of hydrogen-bond acceptors (Lipinski definition) is 6. The van der Waals surface area contributed by atoms with E-state index in [2.05, 4.69) is 11.9 Å². The van der Waals surface area contributed by atoms with E-state index < -0.39 is 22.5 Å². The van der Waals surface area contributed by atoms with Crippen LogP contribution >= 0.6 is 0 Å². The molecule has 0 saturated carbocycles. The van der Waals surface area contributed by atoms with Crippen molar-refractivity contribution in [2.75, 3.05) is 55.3 Å². The van der Waals surface area contributed by atoms with E-state index in [-0.39, 0.29) is 5.91 Å². The number of nitrogens with one attached hydrogen (secondary N) is 1. The number of anilines is 2. The van der Waals surface area contributed by atoms with Gasteiger partial charge in [0.1, 0.15) is 18.9 Å². The predicted molar refractivity (Wildman–Crippen MR) is 126 cm³/mol. The first-order valence-electron chi connectivity index (χ1n) is 10.4. The molecule has 1 aliphatic heterocycles. The Morgan fingerprint density at radius 3 is 2.33 bits per heavy atom. The maximum atomic E-state index is 12.6. The van der Waals surface area contributed by atoms with Crippen LogP contribution in [0.4, 0.5) is 11.4 Å². The molecule has 1 aliphatic rings. The summed E-state index contributed by atoms with van der Waals surface area (Å²) in [6.45, 7) is 5.54. The fraction of sp³-hybridized carbons (Fsp3) is 0.304. The van der Waals surface area contributed by atoms with Gasteiger partial charge in [-0.3, -0.25) is 13.9 Å². The van der Waals surface area contributed by atoms with Gasteiger partial charge in [-0.25, -0.2) is 8.42 Å². The molecular weight excluding hydrogens is 446 g/mol. The standard InChI is InChI=1S/C23H27N3O6S/c1-3-14-32-21-10-6-19(7-11-21)24-22(27)17-26(33(2,29)30)20-8-4-18(5-9-20)23(28)25-12-15-31-16-13-25/h3-11H,1,12-17H2,2H3,(H,24,27). The van der Waals surface area contributed by atoms with Gasteiger partial charge in [0.15, 0.2) is 0 Å². The topological polar surface area (TPSA) is 105 Å². The smallest absolute Gasteiger partial charge is 0.254 e. The van der Waals surface area contributed by atoms with Gasteiger partial charge in [0, 0.05) is 24.3 Å². The van der Waals surface area contributed by atoms with Gasteiger partial charge < -0.3 is 19.7 Å². The Labute approximate surface area is 193 Å². The molecule has 0 bridgehead atoms. The van der Waals surface area contributed by atoms with Crippen LogP contribution in [0, 0.1) is 0 Å². The van der Waals surface area contributed by atoms with Crippen LogP contribution in [0.25, 0.3) is 0 Å².